The van der Waals surface area contributed by atoms with Crippen molar-refractivity contribution in [3.63, 3.8) is 0 Å². The van der Waals surface area contributed by atoms with Crippen molar-refractivity contribution >= 4 is 5.91 Å². The summed E-state index contributed by atoms with van der Waals surface area (Å²) in [6.07, 6.45) is 10.0. The normalized spacial score (nSPS) is 22.2. The smallest absolute Gasteiger partial charge is 0.240 e. The summed E-state index contributed by atoms with van der Waals surface area (Å²) in [6, 6.07) is 0. The first kappa shape index (κ1) is 13.5. The van der Waals surface area contributed by atoms with E-state index in [4.69, 9.17) is 0 Å². The first-order valence-corrected chi connectivity index (χ1v) is 7.67. The van der Waals surface area contributed by atoms with Crippen molar-refractivity contribution in [3.05, 3.63) is 12.7 Å². The van der Waals surface area contributed by atoms with Gasteiger partial charge in [-0.25, -0.2) is 4.98 Å². The molecule has 0 unspecified atom stereocenters. The molecule has 0 bridgehead atoms. The zero-order chi connectivity index (χ0) is 13.8. The van der Waals surface area contributed by atoms with Crippen LogP contribution in [0.2, 0.25) is 0 Å². The van der Waals surface area contributed by atoms with Gasteiger partial charge >= 0.3 is 0 Å². The fourth-order valence-electron chi connectivity index (χ4n) is 3.59. The summed E-state index contributed by atoms with van der Waals surface area (Å²) in [5.74, 6) is 0.219. The third-order valence-electron chi connectivity index (χ3n) is 4.66. The molecule has 110 valence electrons. The third kappa shape index (κ3) is 2.57. The van der Waals surface area contributed by atoms with E-state index < -0.39 is 0 Å². The van der Waals surface area contributed by atoms with E-state index in [1.54, 1.807) is 11.0 Å². The molecule has 20 heavy (non-hydrogen) atoms. The molecule has 1 aliphatic carbocycles. The van der Waals surface area contributed by atoms with Crippen LogP contribution in [-0.2, 0) is 11.3 Å². The average Bonchev–Trinajstić information content (AvgIpc) is 3.20. The number of hydrogen-bond donors (Lipinski definition) is 1. The lowest BCUT2D eigenvalue weighted by atomic mass is 9.94. The molecule has 1 aliphatic heterocycles. The van der Waals surface area contributed by atoms with Crippen molar-refractivity contribution in [2.75, 3.05) is 19.6 Å². The quantitative estimate of drug-likeness (QED) is 0.865. The van der Waals surface area contributed by atoms with Crippen molar-refractivity contribution in [1.29, 1.82) is 0 Å². The molecule has 2 fully saturated rings. The molecule has 1 aromatic heterocycles. The standard InChI is InChI=1S/C14H23N5O/c20-13(16-7-10-19-12-15-11-17-19)14(5-1-2-6-14)18-8-3-4-9-18/h11-12H,1-10H2,(H,16,20). The Kier molecular flexibility index (Phi) is 4.00. The molecular weight excluding hydrogens is 254 g/mol. The van der Waals surface area contributed by atoms with E-state index in [0.29, 0.717) is 13.1 Å². The lowest BCUT2D eigenvalue weighted by Gasteiger charge is -2.37. The van der Waals surface area contributed by atoms with Crippen molar-refractivity contribution in [1.82, 2.24) is 25.0 Å². The molecule has 1 amide bonds. The van der Waals surface area contributed by atoms with Gasteiger partial charge < -0.3 is 5.32 Å². The highest BCUT2D eigenvalue weighted by Crippen LogP contribution is 2.37. The van der Waals surface area contributed by atoms with E-state index in [1.807, 2.05) is 0 Å². The molecule has 6 heteroatoms. The second kappa shape index (κ2) is 5.91. The van der Waals surface area contributed by atoms with Crippen LogP contribution in [-0.4, -0.2) is 50.7 Å². The fraction of sp³-hybridized carbons (Fsp3) is 0.786. The van der Waals surface area contributed by atoms with Gasteiger partial charge in [-0.2, -0.15) is 5.10 Å². The van der Waals surface area contributed by atoms with Crippen LogP contribution in [0.25, 0.3) is 0 Å². The number of aromatic nitrogens is 3. The SMILES string of the molecule is O=C(NCCn1cncn1)C1(N2CCCC2)CCCC1. The Morgan fingerprint density at radius 3 is 2.60 bits per heavy atom. The Labute approximate surface area is 119 Å². The van der Waals surface area contributed by atoms with E-state index in [1.165, 1.54) is 32.0 Å². The van der Waals surface area contributed by atoms with E-state index in [9.17, 15) is 4.79 Å². The number of hydrogen-bond acceptors (Lipinski definition) is 4. The van der Waals surface area contributed by atoms with Gasteiger partial charge in [0.05, 0.1) is 6.54 Å². The summed E-state index contributed by atoms with van der Waals surface area (Å²) in [5, 5.41) is 7.16. The molecule has 1 N–H and O–H groups in total. The number of nitrogens with one attached hydrogen (secondary N) is 1. The van der Waals surface area contributed by atoms with Gasteiger partial charge in [0.15, 0.2) is 0 Å². The first-order chi connectivity index (χ1) is 9.81. The lowest BCUT2D eigenvalue weighted by Crippen LogP contribution is -2.56. The van der Waals surface area contributed by atoms with Gasteiger partial charge in [-0.1, -0.05) is 12.8 Å². The van der Waals surface area contributed by atoms with Gasteiger partial charge in [0, 0.05) is 6.54 Å². The van der Waals surface area contributed by atoms with Crippen LogP contribution in [0.15, 0.2) is 12.7 Å². The van der Waals surface area contributed by atoms with Crippen LogP contribution in [0, 0.1) is 0 Å². The summed E-state index contributed by atoms with van der Waals surface area (Å²) in [4.78, 5) is 19.0. The van der Waals surface area contributed by atoms with Gasteiger partial charge in [0.2, 0.25) is 5.91 Å². The molecule has 1 aromatic rings. The summed E-state index contributed by atoms with van der Waals surface area (Å²) >= 11 is 0. The molecule has 3 rings (SSSR count). The van der Waals surface area contributed by atoms with Gasteiger partial charge in [0.25, 0.3) is 0 Å². The molecule has 2 heterocycles. The second-order valence-corrected chi connectivity index (χ2v) is 5.85. The predicted octanol–water partition coefficient (Wildman–Crippen LogP) is 0.803. The van der Waals surface area contributed by atoms with Crippen molar-refractivity contribution in [2.45, 2.75) is 50.6 Å². The molecule has 1 saturated heterocycles. The van der Waals surface area contributed by atoms with Crippen LogP contribution in [0.4, 0.5) is 0 Å². The highest BCUT2D eigenvalue weighted by Gasteiger charge is 2.46. The zero-order valence-electron chi connectivity index (χ0n) is 11.9. The second-order valence-electron chi connectivity index (χ2n) is 5.85. The molecule has 1 saturated carbocycles. The van der Waals surface area contributed by atoms with Crippen LogP contribution >= 0.6 is 0 Å². The first-order valence-electron chi connectivity index (χ1n) is 7.67. The minimum atomic E-state index is -0.223. The van der Waals surface area contributed by atoms with Crippen LogP contribution < -0.4 is 5.32 Å². The molecule has 2 aliphatic rings. The summed E-state index contributed by atoms with van der Waals surface area (Å²) < 4.78 is 1.75. The molecule has 0 aromatic carbocycles. The van der Waals surface area contributed by atoms with Crippen LogP contribution in [0.3, 0.4) is 0 Å². The topological polar surface area (TPSA) is 63.1 Å². The maximum atomic E-state index is 12.7. The predicted molar refractivity (Wildman–Crippen MR) is 75.0 cm³/mol. The highest BCUT2D eigenvalue weighted by atomic mass is 16.2. The minimum absolute atomic E-state index is 0.219. The maximum absolute atomic E-state index is 12.7. The van der Waals surface area contributed by atoms with E-state index in [0.717, 1.165) is 25.9 Å². The van der Waals surface area contributed by atoms with E-state index in [-0.39, 0.29) is 11.4 Å². The van der Waals surface area contributed by atoms with E-state index in [2.05, 4.69) is 20.3 Å². The number of rotatable bonds is 5. The molecular formula is C14H23N5O. The molecule has 0 spiro atoms. The Hall–Kier alpha value is -1.43. The zero-order valence-corrected chi connectivity index (χ0v) is 11.9. The van der Waals surface area contributed by atoms with Crippen LogP contribution in [0.5, 0.6) is 0 Å². The summed E-state index contributed by atoms with van der Waals surface area (Å²) in [6.45, 7) is 3.46. The largest absolute Gasteiger partial charge is 0.353 e. The maximum Gasteiger partial charge on any atom is 0.240 e. The molecule has 6 nitrogen and oxygen atoms in total. The Morgan fingerprint density at radius 1 is 1.20 bits per heavy atom. The third-order valence-corrected chi connectivity index (χ3v) is 4.66. The number of likely N-dealkylation sites (tertiary alicyclic amines) is 1. The Balaban J connectivity index is 1.58. The van der Waals surface area contributed by atoms with E-state index >= 15 is 0 Å². The minimum Gasteiger partial charge on any atom is -0.353 e. The van der Waals surface area contributed by atoms with Gasteiger partial charge in [-0.3, -0.25) is 14.4 Å². The fourth-order valence-corrected chi connectivity index (χ4v) is 3.59. The average molecular weight is 277 g/mol. The highest BCUT2D eigenvalue weighted by molar-refractivity contribution is 5.86. The van der Waals surface area contributed by atoms with Gasteiger partial charge in [-0.15, -0.1) is 0 Å². The monoisotopic (exact) mass is 277 g/mol. The number of carbonyl (C=O) groups excluding carboxylic acids is 1. The molecule has 0 radical (unpaired) electrons. The summed E-state index contributed by atoms with van der Waals surface area (Å²) in [5.41, 5.74) is -0.223. The number of nitrogens with zero attached hydrogens (tertiary/aromatic N) is 4. The van der Waals surface area contributed by atoms with Crippen molar-refractivity contribution in [3.8, 4) is 0 Å². The Morgan fingerprint density at radius 2 is 1.95 bits per heavy atom. The number of amides is 1. The number of carbonyl (C=O) groups is 1. The van der Waals surface area contributed by atoms with Crippen LogP contribution in [0.1, 0.15) is 38.5 Å². The Bertz CT molecular complexity index is 432. The van der Waals surface area contributed by atoms with Crippen molar-refractivity contribution < 1.29 is 4.79 Å². The van der Waals surface area contributed by atoms with Gasteiger partial charge in [-0.05, 0) is 38.8 Å². The summed E-state index contributed by atoms with van der Waals surface area (Å²) in [7, 11) is 0. The van der Waals surface area contributed by atoms with Gasteiger partial charge in [0.1, 0.15) is 18.2 Å². The van der Waals surface area contributed by atoms with Crippen molar-refractivity contribution in [2.24, 2.45) is 0 Å². The lowest BCUT2D eigenvalue weighted by molar-refractivity contribution is -0.132. The molecule has 0 atom stereocenters.